The van der Waals surface area contributed by atoms with Crippen LogP contribution in [0.5, 0.6) is 0 Å². The first-order chi connectivity index (χ1) is 4.22. The van der Waals surface area contributed by atoms with Crippen molar-refractivity contribution in [3.63, 3.8) is 0 Å². The van der Waals surface area contributed by atoms with E-state index in [4.69, 9.17) is 0 Å². The molecule has 9 heavy (non-hydrogen) atoms. The molecule has 0 aromatic heterocycles. The Morgan fingerprint density at radius 2 is 2.33 bits per heavy atom. The van der Waals surface area contributed by atoms with Gasteiger partial charge in [-0.05, 0) is 0 Å². The van der Waals surface area contributed by atoms with Gasteiger partial charge < -0.3 is 10.1 Å². The second-order valence-corrected chi connectivity index (χ2v) is 1.29. The number of ether oxygens (including phenoxy) is 1. The molecule has 50 valence electrons. The summed E-state index contributed by atoms with van der Waals surface area (Å²) in [7, 11) is 1.50. The van der Waals surface area contributed by atoms with Crippen LogP contribution >= 0.6 is 0 Å². The summed E-state index contributed by atoms with van der Waals surface area (Å²) >= 11 is 0. The molecule has 3 nitrogen and oxygen atoms in total. The Hall–Kier alpha value is -1.25. The van der Waals surface area contributed by atoms with E-state index >= 15 is 0 Å². The van der Waals surface area contributed by atoms with E-state index in [2.05, 4.69) is 23.2 Å². The van der Waals surface area contributed by atoms with Gasteiger partial charge in [-0.1, -0.05) is 13.2 Å². The molecule has 0 aliphatic rings. The number of hydrogen-bond donors (Lipinski definition) is 1. The highest BCUT2D eigenvalue weighted by atomic mass is 16.5. The van der Waals surface area contributed by atoms with Crippen LogP contribution in [0.25, 0.3) is 0 Å². The SMILES string of the molecule is C=COC(=C)C(=O)NC. The standard InChI is InChI=1S/C6H9NO2/c1-4-9-5(2)6(8)7-3/h4H,1-2H2,3H3,(H,7,8). The van der Waals surface area contributed by atoms with Crippen LogP contribution in [0.2, 0.25) is 0 Å². The van der Waals surface area contributed by atoms with Gasteiger partial charge >= 0.3 is 0 Å². The molecular formula is C6H9NO2. The maximum Gasteiger partial charge on any atom is 0.286 e. The van der Waals surface area contributed by atoms with Gasteiger partial charge in [0.15, 0.2) is 5.76 Å². The monoisotopic (exact) mass is 127 g/mol. The maximum atomic E-state index is 10.5. The molecule has 0 saturated heterocycles. The summed E-state index contributed by atoms with van der Waals surface area (Å²) < 4.78 is 4.55. The van der Waals surface area contributed by atoms with E-state index in [-0.39, 0.29) is 11.7 Å². The summed E-state index contributed by atoms with van der Waals surface area (Å²) in [5.74, 6) is -0.289. The Morgan fingerprint density at radius 3 is 2.67 bits per heavy atom. The molecule has 0 heterocycles. The maximum absolute atomic E-state index is 10.5. The zero-order valence-corrected chi connectivity index (χ0v) is 5.31. The molecule has 0 bridgehead atoms. The quantitative estimate of drug-likeness (QED) is 0.440. The van der Waals surface area contributed by atoms with Crippen LogP contribution in [-0.2, 0) is 9.53 Å². The van der Waals surface area contributed by atoms with Gasteiger partial charge in [-0.3, -0.25) is 4.79 Å². The summed E-state index contributed by atoms with van der Waals surface area (Å²) in [5, 5.41) is 2.34. The van der Waals surface area contributed by atoms with Crippen molar-refractivity contribution in [2.45, 2.75) is 0 Å². The number of carbonyl (C=O) groups excluding carboxylic acids is 1. The Kier molecular flexibility index (Phi) is 3.20. The van der Waals surface area contributed by atoms with Crippen molar-refractivity contribution < 1.29 is 9.53 Å². The Balaban J connectivity index is 3.73. The van der Waals surface area contributed by atoms with E-state index < -0.39 is 0 Å². The third kappa shape index (κ3) is 2.54. The largest absolute Gasteiger partial charge is 0.460 e. The van der Waals surface area contributed by atoms with Crippen molar-refractivity contribution in [1.82, 2.24) is 5.32 Å². The van der Waals surface area contributed by atoms with Gasteiger partial charge in [0.1, 0.15) is 0 Å². The van der Waals surface area contributed by atoms with E-state index in [1.807, 2.05) is 0 Å². The third-order valence-corrected chi connectivity index (χ3v) is 0.706. The number of nitrogens with one attached hydrogen (secondary N) is 1. The molecule has 1 N–H and O–H groups in total. The molecule has 0 fully saturated rings. The molecular weight excluding hydrogens is 118 g/mol. The van der Waals surface area contributed by atoms with E-state index in [0.717, 1.165) is 6.26 Å². The minimum Gasteiger partial charge on any atom is -0.460 e. The van der Waals surface area contributed by atoms with Gasteiger partial charge in [-0.25, -0.2) is 0 Å². The molecule has 3 heteroatoms. The lowest BCUT2D eigenvalue weighted by Crippen LogP contribution is -2.19. The molecule has 0 aliphatic heterocycles. The average Bonchev–Trinajstić information content (AvgIpc) is 1.87. The molecule has 1 amide bonds. The smallest absolute Gasteiger partial charge is 0.286 e. The lowest BCUT2D eigenvalue weighted by Gasteiger charge is -1.99. The minimum absolute atomic E-state index is 0.0486. The summed E-state index contributed by atoms with van der Waals surface area (Å²) in [5.41, 5.74) is 0. The molecule has 0 aromatic carbocycles. The molecule has 0 unspecified atom stereocenters. The first-order valence-electron chi connectivity index (χ1n) is 2.41. The van der Waals surface area contributed by atoms with Crippen LogP contribution in [0, 0.1) is 0 Å². The number of amides is 1. The number of hydrogen-bond acceptors (Lipinski definition) is 2. The second kappa shape index (κ2) is 3.72. The van der Waals surface area contributed by atoms with Crippen molar-refractivity contribution in [3.05, 3.63) is 25.2 Å². The van der Waals surface area contributed by atoms with Crippen LogP contribution in [0.3, 0.4) is 0 Å². The van der Waals surface area contributed by atoms with Gasteiger partial charge in [-0.15, -0.1) is 0 Å². The van der Waals surface area contributed by atoms with Crippen molar-refractivity contribution in [2.24, 2.45) is 0 Å². The normalized spacial score (nSPS) is 7.67. The molecule has 0 atom stereocenters. The summed E-state index contributed by atoms with van der Waals surface area (Å²) in [4.78, 5) is 10.5. The van der Waals surface area contributed by atoms with E-state index in [1.165, 1.54) is 7.05 Å². The fraction of sp³-hybridized carbons (Fsp3) is 0.167. The van der Waals surface area contributed by atoms with Crippen molar-refractivity contribution in [2.75, 3.05) is 7.05 Å². The highest BCUT2D eigenvalue weighted by Gasteiger charge is 2.01. The van der Waals surface area contributed by atoms with Crippen molar-refractivity contribution in [3.8, 4) is 0 Å². The van der Waals surface area contributed by atoms with Gasteiger partial charge in [0.05, 0.1) is 6.26 Å². The molecule has 0 saturated carbocycles. The zero-order chi connectivity index (χ0) is 7.28. The number of rotatable bonds is 3. The number of carbonyl (C=O) groups is 1. The summed E-state index contributed by atoms with van der Waals surface area (Å²) in [6.07, 6.45) is 1.15. The average molecular weight is 127 g/mol. The molecule has 0 aromatic rings. The second-order valence-electron chi connectivity index (χ2n) is 1.29. The Morgan fingerprint density at radius 1 is 1.78 bits per heavy atom. The zero-order valence-electron chi connectivity index (χ0n) is 5.31. The van der Waals surface area contributed by atoms with Crippen LogP contribution in [0.4, 0.5) is 0 Å². The minimum atomic E-state index is -0.338. The van der Waals surface area contributed by atoms with Crippen LogP contribution in [0.1, 0.15) is 0 Å². The first kappa shape index (κ1) is 7.75. The van der Waals surface area contributed by atoms with Gasteiger partial charge in [0.2, 0.25) is 0 Å². The molecule has 0 aliphatic carbocycles. The van der Waals surface area contributed by atoms with Crippen LogP contribution < -0.4 is 5.32 Å². The van der Waals surface area contributed by atoms with Gasteiger partial charge in [-0.2, -0.15) is 0 Å². The Labute approximate surface area is 54.0 Å². The van der Waals surface area contributed by atoms with Gasteiger partial charge in [0.25, 0.3) is 5.91 Å². The van der Waals surface area contributed by atoms with Crippen LogP contribution in [0.15, 0.2) is 25.2 Å². The lowest BCUT2D eigenvalue weighted by atomic mass is 10.5. The third-order valence-electron chi connectivity index (χ3n) is 0.706. The predicted molar refractivity (Wildman–Crippen MR) is 34.5 cm³/mol. The van der Waals surface area contributed by atoms with Gasteiger partial charge in [0, 0.05) is 7.05 Å². The number of likely N-dealkylation sites (N-methyl/N-ethyl adjacent to an activating group) is 1. The Bertz CT molecular complexity index is 140. The molecule has 0 spiro atoms. The summed E-state index contributed by atoms with van der Waals surface area (Å²) in [6, 6.07) is 0. The van der Waals surface area contributed by atoms with Crippen molar-refractivity contribution in [1.29, 1.82) is 0 Å². The fourth-order valence-electron chi connectivity index (χ4n) is 0.294. The highest BCUT2D eigenvalue weighted by Crippen LogP contribution is 1.90. The molecule has 0 rings (SSSR count). The lowest BCUT2D eigenvalue weighted by molar-refractivity contribution is -0.119. The summed E-state index contributed by atoms with van der Waals surface area (Å²) in [6.45, 7) is 6.56. The highest BCUT2D eigenvalue weighted by molar-refractivity contribution is 5.90. The molecule has 0 radical (unpaired) electrons. The van der Waals surface area contributed by atoms with E-state index in [1.54, 1.807) is 0 Å². The van der Waals surface area contributed by atoms with Crippen LogP contribution in [-0.4, -0.2) is 13.0 Å². The van der Waals surface area contributed by atoms with E-state index in [9.17, 15) is 4.79 Å². The predicted octanol–water partition coefficient (Wildman–Crippen LogP) is 0.406. The van der Waals surface area contributed by atoms with E-state index in [0.29, 0.717) is 0 Å². The topological polar surface area (TPSA) is 38.3 Å². The first-order valence-corrected chi connectivity index (χ1v) is 2.41. The fourth-order valence-corrected chi connectivity index (χ4v) is 0.294. The van der Waals surface area contributed by atoms with Crippen molar-refractivity contribution >= 4 is 5.91 Å².